The fourth-order valence-electron chi connectivity index (χ4n) is 4.36. The second kappa shape index (κ2) is 11.9. The predicted octanol–water partition coefficient (Wildman–Crippen LogP) is 6.53. The summed E-state index contributed by atoms with van der Waals surface area (Å²) >= 11 is 5.97. The molecule has 35 heavy (non-hydrogen) atoms. The molecule has 1 N–H and O–H groups in total. The summed E-state index contributed by atoms with van der Waals surface area (Å²) in [6.07, 6.45) is 3.83. The summed E-state index contributed by atoms with van der Waals surface area (Å²) in [6, 6.07) is 21.6. The van der Waals surface area contributed by atoms with Gasteiger partial charge in [-0.05, 0) is 80.3 Å². The van der Waals surface area contributed by atoms with E-state index in [0.29, 0.717) is 23.7 Å². The summed E-state index contributed by atoms with van der Waals surface area (Å²) < 4.78 is 8.35. The van der Waals surface area contributed by atoms with Gasteiger partial charge in [-0.25, -0.2) is 4.98 Å². The third kappa shape index (κ3) is 6.86. The molecule has 4 aromatic rings. The molecule has 0 atom stereocenters. The minimum atomic E-state index is -0.0851. The Balaban J connectivity index is 1.28. The summed E-state index contributed by atoms with van der Waals surface area (Å²) in [6.45, 7) is 6.16. The number of nitrogens with zero attached hydrogens (tertiary/aromatic N) is 2. The summed E-state index contributed by atoms with van der Waals surface area (Å²) in [5.41, 5.74) is 5.16. The van der Waals surface area contributed by atoms with Crippen LogP contribution in [0.5, 0.6) is 5.75 Å². The van der Waals surface area contributed by atoms with Crippen LogP contribution in [0.2, 0.25) is 5.02 Å². The van der Waals surface area contributed by atoms with E-state index in [2.05, 4.69) is 60.1 Å². The van der Waals surface area contributed by atoms with Gasteiger partial charge in [0.2, 0.25) is 0 Å². The van der Waals surface area contributed by atoms with Gasteiger partial charge in [-0.15, -0.1) is 0 Å². The van der Waals surface area contributed by atoms with Crippen LogP contribution in [-0.4, -0.2) is 28.6 Å². The second-order valence-electron chi connectivity index (χ2n) is 8.92. The summed E-state index contributed by atoms with van der Waals surface area (Å²) in [5.74, 6) is 1.91. The molecule has 0 aliphatic heterocycles. The van der Waals surface area contributed by atoms with E-state index in [9.17, 15) is 4.79 Å². The number of halogens is 1. The Kier molecular flexibility index (Phi) is 8.43. The van der Waals surface area contributed by atoms with E-state index in [4.69, 9.17) is 21.3 Å². The SMILES string of the molecule is Cc1cc(C)cc(OCCn2c(CCCCCNC(=O)c3cccc(Cl)c3)nc3ccccc32)c1. The lowest BCUT2D eigenvalue weighted by Gasteiger charge is -2.12. The van der Waals surface area contributed by atoms with Crippen LogP contribution in [0.4, 0.5) is 0 Å². The number of para-hydroxylation sites is 2. The molecule has 0 fully saturated rings. The standard InChI is InChI=1S/C29H32ClN3O2/c1-21-17-22(2)19-25(18-21)35-16-15-33-27-12-6-5-11-26(27)32-28(33)13-4-3-7-14-31-29(34)23-9-8-10-24(30)20-23/h5-6,8-12,17-20H,3-4,7,13-16H2,1-2H3,(H,31,34). The van der Waals surface area contributed by atoms with Gasteiger partial charge in [0, 0.05) is 23.6 Å². The number of benzene rings is 3. The lowest BCUT2D eigenvalue weighted by atomic mass is 10.1. The van der Waals surface area contributed by atoms with Gasteiger partial charge in [0.15, 0.2) is 0 Å². The molecule has 5 nitrogen and oxygen atoms in total. The Morgan fingerprint density at radius 3 is 2.57 bits per heavy atom. The normalized spacial score (nSPS) is 11.1. The van der Waals surface area contributed by atoms with Crippen LogP contribution in [-0.2, 0) is 13.0 Å². The highest BCUT2D eigenvalue weighted by Crippen LogP contribution is 2.20. The van der Waals surface area contributed by atoms with Crippen LogP contribution in [0.3, 0.4) is 0 Å². The number of nitrogens with one attached hydrogen (secondary N) is 1. The van der Waals surface area contributed by atoms with E-state index >= 15 is 0 Å². The average Bonchev–Trinajstić information content (AvgIpc) is 3.18. The van der Waals surface area contributed by atoms with Crippen molar-refractivity contribution in [3.05, 3.63) is 94.3 Å². The van der Waals surface area contributed by atoms with E-state index in [1.807, 2.05) is 6.07 Å². The predicted molar refractivity (Wildman–Crippen MR) is 142 cm³/mol. The molecule has 0 aliphatic rings. The second-order valence-corrected chi connectivity index (χ2v) is 9.35. The van der Waals surface area contributed by atoms with Gasteiger partial charge in [0.05, 0.1) is 17.6 Å². The highest BCUT2D eigenvalue weighted by Gasteiger charge is 2.11. The zero-order chi connectivity index (χ0) is 24.6. The quantitative estimate of drug-likeness (QED) is 0.244. The molecule has 0 bridgehead atoms. The highest BCUT2D eigenvalue weighted by atomic mass is 35.5. The van der Waals surface area contributed by atoms with E-state index in [1.54, 1.807) is 24.3 Å². The number of hydrogen-bond acceptors (Lipinski definition) is 3. The minimum Gasteiger partial charge on any atom is -0.492 e. The maximum atomic E-state index is 12.2. The van der Waals surface area contributed by atoms with Crippen molar-refractivity contribution in [3.63, 3.8) is 0 Å². The van der Waals surface area contributed by atoms with Crippen LogP contribution in [0, 0.1) is 13.8 Å². The number of aryl methyl sites for hydroxylation is 3. The van der Waals surface area contributed by atoms with E-state index in [1.165, 1.54) is 11.1 Å². The first-order valence-electron chi connectivity index (χ1n) is 12.2. The van der Waals surface area contributed by atoms with E-state index < -0.39 is 0 Å². The molecule has 0 radical (unpaired) electrons. The van der Waals surface area contributed by atoms with Crippen molar-refractivity contribution in [1.82, 2.24) is 14.9 Å². The molecule has 0 saturated heterocycles. The van der Waals surface area contributed by atoms with Crippen molar-refractivity contribution < 1.29 is 9.53 Å². The third-order valence-electron chi connectivity index (χ3n) is 5.96. The number of rotatable bonds is 11. The number of amides is 1. The maximum absolute atomic E-state index is 12.2. The van der Waals surface area contributed by atoms with Crippen LogP contribution in [0.1, 0.15) is 46.6 Å². The smallest absolute Gasteiger partial charge is 0.251 e. The van der Waals surface area contributed by atoms with Gasteiger partial charge in [0.1, 0.15) is 18.2 Å². The van der Waals surface area contributed by atoms with Gasteiger partial charge >= 0.3 is 0 Å². The van der Waals surface area contributed by atoms with Gasteiger partial charge in [0.25, 0.3) is 5.91 Å². The molecule has 0 saturated carbocycles. The first-order valence-corrected chi connectivity index (χ1v) is 12.6. The van der Waals surface area contributed by atoms with Gasteiger partial charge < -0.3 is 14.6 Å². The summed E-state index contributed by atoms with van der Waals surface area (Å²) in [5, 5.41) is 3.54. The Hall–Kier alpha value is -3.31. The van der Waals surface area contributed by atoms with Crippen molar-refractivity contribution in [3.8, 4) is 5.75 Å². The van der Waals surface area contributed by atoms with Crippen molar-refractivity contribution in [2.45, 2.75) is 46.1 Å². The first kappa shape index (κ1) is 24.8. The fourth-order valence-corrected chi connectivity index (χ4v) is 4.55. The summed E-state index contributed by atoms with van der Waals surface area (Å²) in [4.78, 5) is 17.1. The Morgan fingerprint density at radius 2 is 1.77 bits per heavy atom. The van der Waals surface area contributed by atoms with Crippen molar-refractivity contribution >= 4 is 28.5 Å². The van der Waals surface area contributed by atoms with Crippen molar-refractivity contribution in [1.29, 1.82) is 0 Å². The zero-order valence-electron chi connectivity index (χ0n) is 20.4. The van der Waals surface area contributed by atoms with E-state index in [-0.39, 0.29) is 5.91 Å². The fraction of sp³-hybridized carbons (Fsp3) is 0.310. The molecule has 182 valence electrons. The third-order valence-corrected chi connectivity index (χ3v) is 6.20. The Bertz CT molecular complexity index is 1280. The van der Waals surface area contributed by atoms with Gasteiger partial charge in [-0.1, -0.05) is 42.3 Å². The topological polar surface area (TPSA) is 56.1 Å². The number of imidazole rings is 1. The minimum absolute atomic E-state index is 0.0851. The Morgan fingerprint density at radius 1 is 0.971 bits per heavy atom. The molecule has 6 heteroatoms. The lowest BCUT2D eigenvalue weighted by molar-refractivity contribution is 0.0953. The molecule has 0 unspecified atom stereocenters. The molecule has 0 spiro atoms. The maximum Gasteiger partial charge on any atom is 0.251 e. The number of carbonyl (C=O) groups excluding carboxylic acids is 1. The highest BCUT2D eigenvalue weighted by molar-refractivity contribution is 6.30. The number of fused-ring (bicyclic) bond motifs is 1. The molecule has 3 aromatic carbocycles. The van der Waals surface area contributed by atoms with Gasteiger partial charge in [-0.2, -0.15) is 0 Å². The van der Waals surface area contributed by atoms with Crippen LogP contribution >= 0.6 is 11.6 Å². The number of unbranched alkanes of at least 4 members (excludes halogenated alkanes) is 2. The van der Waals surface area contributed by atoms with E-state index in [0.717, 1.165) is 54.8 Å². The van der Waals surface area contributed by atoms with Crippen molar-refractivity contribution in [2.24, 2.45) is 0 Å². The molecule has 1 amide bonds. The van der Waals surface area contributed by atoms with Crippen LogP contribution < -0.4 is 10.1 Å². The largest absolute Gasteiger partial charge is 0.492 e. The average molecular weight is 490 g/mol. The Labute approximate surface area is 212 Å². The number of ether oxygens (including phenoxy) is 1. The number of carbonyl (C=O) groups is 1. The molecule has 1 aromatic heterocycles. The van der Waals surface area contributed by atoms with Crippen LogP contribution in [0.25, 0.3) is 11.0 Å². The molecule has 4 rings (SSSR count). The molecular weight excluding hydrogens is 458 g/mol. The number of aromatic nitrogens is 2. The lowest BCUT2D eigenvalue weighted by Crippen LogP contribution is -2.24. The molecule has 1 heterocycles. The molecular formula is C29H32ClN3O2. The zero-order valence-corrected chi connectivity index (χ0v) is 21.1. The monoisotopic (exact) mass is 489 g/mol. The van der Waals surface area contributed by atoms with Crippen LogP contribution in [0.15, 0.2) is 66.7 Å². The van der Waals surface area contributed by atoms with Gasteiger partial charge in [-0.3, -0.25) is 4.79 Å². The molecule has 0 aliphatic carbocycles. The number of hydrogen-bond donors (Lipinski definition) is 1. The first-order chi connectivity index (χ1) is 17.0. The summed E-state index contributed by atoms with van der Waals surface area (Å²) in [7, 11) is 0. The van der Waals surface area contributed by atoms with Crippen molar-refractivity contribution in [2.75, 3.05) is 13.2 Å².